The van der Waals surface area contributed by atoms with Gasteiger partial charge in [0.2, 0.25) is 15.9 Å². The molecule has 0 aliphatic carbocycles. The van der Waals surface area contributed by atoms with Crippen LogP contribution in [0.1, 0.15) is 22.4 Å². The van der Waals surface area contributed by atoms with Gasteiger partial charge in [0.05, 0.1) is 4.90 Å². The molecule has 2 rings (SSSR count). The maximum absolute atomic E-state index is 12.2. The summed E-state index contributed by atoms with van der Waals surface area (Å²) in [7, 11) is -3.58. The third-order valence-corrected chi connectivity index (χ3v) is 7.35. The molecule has 0 fully saturated rings. The molecule has 0 saturated carbocycles. The zero-order chi connectivity index (χ0) is 19.0. The molecule has 1 aromatic heterocycles. The molecule has 0 atom stereocenters. The number of benzene rings is 1. The van der Waals surface area contributed by atoms with Crippen molar-refractivity contribution in [1.82, 2.24) is 10.0 Å². The molecule has 2 N–H and O–H groups in total. The number of nitrogens with one attached hydrogen (secondary N) is 2. The maximum atomic E-state index is 12.2. The van der Waals surface area contributed by atoms with Crippen molar-refractivity contribution in [3.05, 3.63) is 51.7 Å². The molecule has 0 radical (unpaired) electrons. The first-order valence-electron chi connectivity index (χ1n) is 8.32. The third-order valence-electron chi connectivity index (χ3n) is 3.83. The molecule has 0 bridgehead atoms. The Morgan fingerprint density at radius 1 is 1.15 bits per heavy atom. The lowest BCUT2D eigenvalue weighted by molar-refractivity contribution is -0.120. The molecule has 26 heavy (non-hydrogen) atoms. The van der Waals surface area contributed by atoms with Gasteiger partial charge in [-0.2, -0.15) is 11.8 Å². The fourth-order valence-electron chi connectivity index (χ4n) is 2.18. The van der Waals surface area contributed by atoms with Crippen LogP contribution in [0.15, 0.2) is 40.6 Å². The molecule has 8 heteroatoms. The Labute approximate surface area is 163 Å². The van der Waals surface area contributed by atoms with E-state index in [1.165, 1.54) is 4.88 Å². The van der Waals surface area contributed by atoms with Crippen LogP contribution in [0.5, 0.6) is 0 Å². The van der Waals surface area contributed by atoms with Crippen LogP contribution in [-0.4, -0.2) is 33.2 Å². The van der Waals surface area contributed by atoms with Crippen LogP contribution in [0.4, 0.5) is 0 Å². The van der Waals surface area contributed by atoms with E-state index in [4.69, 9.17) is 0 Å². The molecule has 1 aromatic carbocycles. The second-order valence-electron chi connectivity index (χ2n) is 5.88. The minimum absolute atomic E-state index is 0.0867. The van der Waals surface area contributed by atoms with E-state index in [0.717, 1.165) is 22.6 Å². The molecule has 142 valence electrons. The fraction of sp³-hybridized carbons (Fsp3) is 0.389. The molecule has 0 spiro atoms. The Kier molecular flexibility index (Phi) is 8.15. The second kappa shape index (κ2) is 10.1. The maximum Gasteiger partial charge on any atom is 0.240 e. The first-order chi connectivity index (χ1) is 12.4. The summed E-state index contributed by atoms with van der Waals surface area (Å²) in [6.07, 6.45) is 0.125. The zero-order valence-corrected chi connectivity index (χ0v) is 17.4. The van der Waals surface area contributed by atoms with Crippen LogP contribution in [0.3, 0.4) is 0 Å². The summed E-state index contributed by atoms with van der Waals surface area (Å²) in [6.45, 7) is 4.47. The number of carbonyl (C=O) groups excluding carboxylic acids is 1. The predicted molar refractivity (Wildman–Crippen MR) is 109 cm³/mol. The van der Waals surface area contributed by atoms with Crippen LogP contribution in [0, 0.1) is 13.8 Å². The Balaban J connectivity index is 1.64. The van der Waals surface area contributed by atoms with Crippen molar-refractivity contribution in [3.8, 4) is 0 Å². The molecule has 1 heterocycles. The quantitative estimate of drug-likeness (QED) is 0.588. The van der Waals surface area contributed by atoms with Crippen molar-refractivity contribution in [2.24, 2.45) is 0 Å². The summed E-state index contributed by atoms with van der Waals surface area (Å²) in [6, 6.07) is 9.13. The van der Waals surface area contributed by atoms with Crippen LogP contribution < -0.4 is 10.0 Å². The highest BCUT2D eigenvalue weighted by atomic mass is 32.2. The van der Waals surface area contributed by atoms with Gasteiger partial charge in [-0.25, -0.2) is 13.1 Å². The standard InChI is InChI=1S/C18H24N2O3S3/c1-14-5-6-17(12-15(14)2)26(22,23)20-8-7-18(21)19-9-11-24-13-16-4-3-10-25-16/h3-6,10,12,20H,7-9,11,13H2,1-2H3,(H,19,21). The molecular formula is C18H24N2O3S3. The highest BCUT2D eigenvalue weighted by Gasteiger charge is 2.14. The highest BCUT2D eigenvalue weighted by Crippen LogP contribution is 2.16. The summed E-state index contributed by atoms with van der Waals surface area (Å²) in [5, 5.41) is 4.87. The highest BCUT2D eigenvalue weighted by molar-refractivity contribution is 7.98. The SMILES string of the molecule is Cc1ccc(S(=O)(=O)NCCC(=O)NCCSCc2cccs2)cc1C. The van der Waals surface area contributed by atoms with Crippen LogP contribution in [-0.2, 0) is 20.6 Å². The van der Waals surface area contributed by atoms with Crippen molar-refractivity contribution < 1.29 is 13.2 Å². The van der Waals surface area contributed by atoms with E-state index < -0.39 is 10.0 Å². The Morgan fingerprint density at radius 2 is 1.96 bits per heavy atom. The van der Waals surface area contributed by atoms with Gasteiger partial charge < -0.3 is 5.32 Å². The summed E-state index contributed by atoms with van der Waals surface area (Å²) >= 11 is 3.49. The largest absolute Gasteiger partial charge is 0.355 e. The summed E-state index contributed by atoms with van der Waals surface area (Å²) in [5.41, 5.74) is 1.96. The summed E-state index contributed by atoms with van der Waals surface area (Å²) in [5.74, 6) is 1.63. The average Bonchev–Trinajstić information content (AvgIpc) is 3.10. The molecule has 0 aliphatic rings. The van der Waals surface area contributed by atoms with Gasteiger partial charge >= 0.3 is 0 Å². The lowest BCUT2D eigenvalue weighted by Gasteiger charge is -2.09. The van der Waals surface area contributed by atoms with E-state index in [2.05, 4.69) is 21.5 Å². The zero-order valence-electron chi connectivity index (χ0n) is 14.9. The fourth-order valence-corrected chi connectivity index (χ4v) is 5.00. The number of rotatable bonds is 10. The van der Waals surface area contributed by atoms with Gasteiger partial charge in [-0.1, -0.05) is 12.1 Å². The molecule has 2 aromatic rings. The molecule has 0 aliphatic heterocycles. The van der Waals surface area contributed by atoms with Crippen molar-refractivity contribution in [2.45, 2.75) is 30.9 Å². The molecule has 1 amide bonds. The first kappa shape index (κ1) is 21.0. The number of carbonyl (C=O) groups is 1. The number of hydrogen-bond acceptors (Lipinski definition) is 5. The molecule has 5 nitrogen and oxygen atoms in total. The lowest BCUT2D eigenvalue weighted by Crippen LogP contribution is -2.31. The smallest absolute Gasteiger partial charge is 0.240 e. The third kappa shape index (κ3) is 6.75. The Bertz CT molecular complexity index is 818. The number of aryl methyl sites for hydroxylation is 2. The second-order valence-corrected chi connectivity index (χ2v) is 9.78. The molecule has 0 saturated heterocycles. The Hall–Kier alpha value is -1.35. The van der Waals surface area contributed by atoms with E-state index in [-0.39, 0.29) is 23.8 Å². The molecular weight excluding hydrogens is 388 g/mol. The summed E-state index contributed by atoms with van der Waals surface area (Å²) < 4.78 is 27.0. The van der Waals surface area contributed by atoms with Gasteiger partial charge in [0, 0.05) is 35.9 Å². The van der Waals surface area contributed by atoms with Gasteiger partial charge in [0.15, 0.2) is 0 Å². The number of amides is 1. The number of hydrogen-bond donors (Lipinski definition) is 2. The van der Waals surface area contributed by atoms with Gasteiger partial charge in [-0.15, -0.1) is 11.3 Å². The number of thioether (sulfide) groups is 1. The van der Waals surface area contributed by atoms with Gasteiger partial charge in [0.25, 0.3) is 0 Å². The lowest BCUT2D eigenvalue weighted by atomic mass is 10.1. The van der Waals surface area contributed by atoms with Crippen LogP contribution in [0.2, 0.25) is 0 Å². The minimum Gasteiger partial charge on any atom is -0.355 e. The number of thiophene rings is 1. The monoisotopic (exact) mass is 412 g/mol. The van der Waals surface area contributed by atoms with E-state index in [1.54, 1.807) is 41.3 Å². The van der Waals surface area contributed by atoms with Crippen LogP contribution >= 0.6 is 23.1 Å². The van der Waals surface area contributed by atoms with Crippen molar-refractivity contribution in [3.63, 3.8) is 0 Å². The van der Waals surface area contributed by atoms with Crippen molar-refractivity contribution in [2.75, 3.05) is 18.8 Å². The minimum atomic E-state index is -3.58. The normalized spacial score (nSPS) is 11.5. The van der Waals surface area contributed by atoms with E-state index in [9.17, 15) is 13.2 Å². The van der Waals surface area contributed by atoms with Gasteiger partial charge in [-0.3, -0.25) is 4.79 Å². The van der Waals surface area contributed by atoms with Gasteiger partial charge in [-0.05, 0) is 48.6 Å². The van der Waals surface area contributed by atoms with E-state index in [1.807, 2.05) is 19.9 Å². The van der Waals surface area contributed by atoms with E-state index in [0.29, 0.717) is 6.54 Å². The predicted octanol–water partition coefficient (Wildman–Crippen LogP) is 3.08. The van der Waals surface area contributed by atoms with Gasteiger partial charge in [0.1, 0.15) is 0 Å². The van der Waals surface area contributed by atoms with Crippen molar-refractivity contribution in [1.29, 1.82) is 0 Å². The average molecular weight is 413 g/mol. The number of sulfonamides is 1. The van der Waals surface area contributed by atoms with Crippen LogP contribution in [0.25, 0.3) is 0 Å². The summed E-state index contributed by atoms with van der Waals surface area (Å²) in [4.78, 5) is 13.4. The Morgan fingerprint density at radius 3 is 2.65 bits per heavy atom. The molecule has 0 unspecified atom stereocenters. The topological polar surface area (TPSA) is 75.3 Å². The van der Waals surface area contributed by atoms with E-state index >= 15 is 0 Å². The first-order valence-corrected chi connectivity index (χ1v) is 11.8. The van der Waals surface area contributed by atoms with Crippen molar-refractivity contribution >= 4 is 39.0 Å².